The molecule has 0 bridgehead atoms. The van der Waals surface area contributed by atoms with Crippen molar-refractivity contribution in [2.75, 3.05) is 33.0 Å². The van der Waals surface area contributed by atoms with Crippen molar-refractivity contribution >= 4 is 23.6 Å². The van der Waals surface area contributed by atoms with Crippen molar-refractivity contribution in [3.05, 3.63) is 124 Å². The molecule has 0 spiro atoms. The molecule has 6 rings (SSSR count). The van der Waals surface area contributed by atoms with Crippen molar-refractivity contribution < 1.29 is 48.5 Å². The fourth-order valence-electron chi connectivity index (χ4n) is 9.50. The quantitative estimate of drug-likeness (QED) is 0.0376. The summed E-state index contributed by atoms with van der Waals surface area (Å²) < 4.78 is 26.3. The van der Waals surface area contributed by atoms with Crippen molar-refractivity contribution in [1.29, 1.82) is 0 Å². The molecule has 15 heteroatoms. The second-order valence-corrected chi connectivity index (χ2v) is 18.5. The minimum atomic E-state index is -1.51. The summed E-state index contributed by atoms with van der Waals surface area (Å²) in [6.45, 7) is 12.9. The number of nitro groups is 1. The summed E-state index contributed by atoms with van der Waals surface area (Å²) in [4.78, 5) is 46.6. The molecule has 0 aromatic heterocycles. The normalized spacial score (nSPS) is 22.5. The molecule has 1 aliphatic heterocycles. The predicted molar refractivity (Wildman–Crippen MR) is 250 cm³/mol. The zero-order chi connectivity index (χ0) is 47.3. The molecule has 6 atom stereocenters. The van der Waals surface area contributed by atoms with Crippen LogP contribution in [0.4, 0.5) is 15.3 Å². The molecule has 2 aliphatic carbocycles. The van der Waals surface area contributed by atoms with E-state index in [4.69, 9.17) is 28.9 Å². The van der Waals surface area contributed by atoms with Crippen LogP contribution in [-0.2, 0) is 27.5 Å². The van der Waals surface area contributed by atoms with E-state index in [-0.39, 0.29) is 74.9 Å². The number of carbonyl (C=O) groups excluding carboxylic acids is 2. The van der Waals surface area contributed by atoms with Crippen molar-refractivity contribution in [1.82, 2.24) is 10.2 Å². The van der Waals surface area contributed by atoms with Crippen LogP contribution in [0, 0.1) is 33.3 Å². The van der Waals surface area contributed by atoms with Gasteiger partial charge >= 0.3 is 12.2 Å². The number of ether oxygens (including phenoxy) is 4. The van der Waals surface area contributed by atoms with Crippen molar-refractivity contribution in [3.8, 4) is 11.5 Å². The van der Waals surface area contributed by atoms with Gasteiger partial charge < -0.3 is 39.3 Å². The summed E-state index contributed by atoms with van der Waals surface area (Å²) in [5.74, 6) is -1.73. The largest absolute Gasteiger partial charge is 0.459 e. The molecule has 3 N–H and O–H groups in total. The second-order valence-electron chi connectivity index (χ2n) is 18.5. The van der Waals surface area contributed by atoms with Gasteiger partial charge in [0, 0.05) is 56.3 Å². The van der Waals surface area contributed by atoms with Crippen LogP contribution in [0.2, 0.25) is 0 Å². The molecule has 3 aliphatic rings. The second kappa shape index (κ2) is 23.1. The molecule has 0 saturated heterocycles. The number of non-ortho nitro benzene ring substituents is 1. The van der Waals surface area contributed by atoms with Crippen molar-refractivity contribution in [3.63, 3.8) is 0 Å². The molecular weight excluding hydrogens is 845 g/mol. The van der Waals surface area contributed by atoms with Crippen molar-refractivity contribution in [2.45, 2.75) is 110 Å². The lowest BCUT2D eigenvalue weighted by Gasteiger charge is -2.60. The average molecular weight is 911 g/mol. The van der Waals surface area contributed by atoms with E-state index in [1.165, 1.54) is 12.1 Å². The molecule has 1 heterocycles. The highest BCUT2D eigenvalue weighted by molar-refractivity contribution is 6.03. The molecule has 3 aromatic rings. The Morgan fingerprint density at radius 1 is 1.02 bits per heavy atom. The number of hydrogen-bond acceptors (Lipinski definition) is 12. The molecule has 1 saturated carbocycles. The standard InChI is InChI=1S/C51H66N4O11/c1-6-25-54(49(59)62-34-50(3,4)5)45-31-43(53-64-33-36-19-21-38(22-20-36)55(60)61)41-29-37(17-11-13-26-56)40(18-12-14-27-57)46-42-30-39(65-48(58)52-32-35-15-9-8-10-16-35)23-24-44(42)66-51(45,47(41)46)63-28-7-2/h7-10,15-16,19-24,29-30,37,40,45-47,56-57H,2,6,11-14,17-18,25-28,31-34H2,1,3-5H3,(H,52,58). The number of nitro benzene ring substituents is 1. The number of nitrogens with one attached hydrogen (secondary N) is 1. The minimum Gasteiger partial charge on any atom is -0.459 e. The highest BCUT2D eigenvalue weighted by Gasteiger charge is 2.65. The molecule has 1 fully saturated rings. The van der Waals surface area contributed by atoms with Crippen LogP contribution in [0.1, 0.15) is 102 Å². The van der Waals surface area contributed by atoms with Crippen LogP contribution in [0.25, 0.3) is 0 Å². The molecule has 356 valence electrons. The van der Waals surface area contributed by atoms with Gasteiger partial charge in [-0.05, 0) is 96.4 Å². The zero-order valence-corrected chi connectivity index (χ0v) is 38.7. The van der Waals surface area contributed by atoms with Gasteiger partial charge in [0.1, 0.15) is 24.1 Å². The molecular formula is C51H66N4O11. The van der Waals surface area contributed by atoms with Gasteiger partial charge in [0.05, 0.1) is 29.8 Å². The number of fused-ring (bicyclic) bond motifs is 2. The summed E-state index contributed by atoms with van der Waals surface area (Å²) in [6, 6.07) is 20.2. The Morgan fingerprint density at radius 2 is 1.74 bits per heavy atom. The molecule has 15 nitrogen and oxygen atoms in total. The van der Waals surface area contributed by atoms with E-state index in [0.717, 1.165) is 42.4 Å². The molecule has 3 aromatic carbocycles. The Bertz CT molecular complexity index is 2170. The van der Waals surface area contributed by atoms with Gasteiger partial charge in [-0.2, -0.15) is 0 Å². The zero-order valence-electron chi connectivity index (χ0n) is 38.7. The number of carbonyl (C=O) groups is 2. The van der Waals surface area contributed by atoms with Gasteiger partial charge in [0.25, 0.3) is 5.69 Å². The van der Waals surface area contributed by atoms with E-state index in [9.17, 15) is 29.9 Å². The number of rotatable bonds is 22. The maximum atomic E-state index is 14.5. The summed E-state index contributed by atoms with van der Waals surface area (Å²) in [5.41, 5.74) is 3.45. The summed E-state index contributed by atoms with van der Waals surface area (Å²) in [7, 11) is 0. The fourth-order valence-corrected chi connectivity index (χ4v) is 9.50. The highest BCUT2D eigenvalue weighted by Crippen LogP contribution is 2.62. The lowest BCUT2D eigenvalue weighted by atomic mass is 9.55. The van der Waals surface area contributed by atoms with E-state index in [1.807, 2.05) is 64.1 Å². The first-order valence-electron chi connectivity index (χ1n) is 23.2. The lowest BCUT2D eigenvalue weighted by molar-refractivity contribution is -0.384. The number of hydrogen-bond donors (Lipinski definition) is 3. The molecule has 0 radical (unpaired) electrons. The smallest absolute Gasteiger partial charge is 0.412 e. The van der Waals surface area contributed by atoms with Gasteiger partial charge in [0.2, 0.25) is 5.79 Å². The van der Waals surface area contributed by atoms with Crippen LogP contribution in [0.15, 0.2) is 102 Å². The third kappa shape index (κ3) is 12.2. The third-order valence-electron chi connectivity index (χ3n) is 12.4. The topological polar surface area (TPSA) is 192 Å². The van der Waals surface area contributed by atoms with Crippen molar-refractivity contribution in [2.24, 2.45) is 28.3 Å². The van der Waals surface area contributed by atoms with E-state index in [1.54, 1.807) is 35.2 Å². The van der Waals surface area contributed by atoms with Gasteiger partial charge in [-0.1, -0.05) is 88.2 Å². The maximum Gasteiger partial charge on any atom is 0.412 e. The van der Waals surface area contributed by atoms with E-state index >= 15 is 0 Å². The Labute approximate surface area is 387 Å². The number of unbranched alkanes of at least 4 members (excludes halogenated alkanes) is 2. The van der Waals surface area contributed by atoms with Crippen LogP contribution < -0.4 is 14.8 Å². The number of nitrogens with zero attached hydrogens (tertiary/aromatic N) is 3. The van der Waals surface area contributed by atoms with Gasteiger partial charge in [-0.25, -0.2) is 9.59 Å². The first-order valence-corrected chi connectivity index (χ1v) is 23.2. The Kier molecular flexibility index (Phi) is 17.4. The lowest BCUT2D eigenvalue weighted by Crippen LogP contribution is -2.70. The SMILES string of the molecule is C=CCOC12Oc3ccc(OC(=O)NCc4ccccc4)cc3C3C(CCCCO)C(CCCCO)C=C(C(=NOCc4ccc([N+](=O)[O-])cc4)CC1N(CCC)C(=O)OCC(C)(C)C)C32. The minimum absolute atomic E-state index is 0.0218. The summed E-state index contributed by atoms with van der Waals surface area (Å²) in [6.07, 6.45) is 7.66. The van der Waals surface area contributed by atoms with Crippen LogP contribution in [-0.4, -0.2) is 82.7 Å². The van der Waals surface area contributed by atoms with Crippen LogP contribution >= 0.6 is 0 Å². The first-order chi connectivity index (χ1) is 31.8. The van der Waals surface area contributed by atoms with Gasteiger partial charge in [0.15, 0.2) is 0 Å². The Morgan fingerprint density at radius 3 is 2.41 bits per heavy atom. The number of benzene rings is 3. The number of aliphatic hydroxyl groups is 2. The number of allylic oxidation sites excluding steroid dienone is 1. The first kappa shape index (κ1) is 49.7. The highest BCUT2D eigenvalue weighted by atomic mass is 16.7. The Balaban J connectivity index is 1.52. The fraction of sp³-hybridized carbons (Fsp3) is 0.510. The van der Waals surface area contributed by atoms with Gasteiger partial charge in [-0.15, -0.1) is 6.58 Å². The van der Waals surface area contributed by atoms with Crippen LogP contribution in [0.5, 0.6) is 11.5 Å². The average Bonchev–Trinajstić information content (AvgIpc) is 3.30. The summed E-state index contributed by atoms with van der Waals surface area (Å²) in [5, 5.41) is 39.0. The maximum absolute atomic E-state index is 14.5. The molecule has 66 heavy (non-hydrogen) atoms. The predicted octanol–water partition coefficient (Wildman–Crippen LogP) is 9.61. The molecule has 6 unspecified atom stereocenters. The number of amides is 2. The summed E-state index contributed by atoms with van der Waals surface area (Å²) >= 11 is 0. The third-order valence-corrected chi connectivity index (χ3v) is 12.4. The Hall–Kier alpha value is -5.77. The van der Waals surface area contributed by atoms with Crippen LogP contribution in [0.3, 0.4) is 0 Å². The van der Waals surface area contributed by atoms with Gasteiger partial charge in [-0.3, -0.25) is 15.0 Å². The number of oxime groups is 1. The van der Waals surface area contributed by atoms with E-state index < -0.39 is 34.9 Å². The monoisotopic (exact) mass is 910 g/mol. The van der Waals surface area contributed by atoms with E-state index in [2.05, 4.69) is 18.0 Å². The molecule has 2 amide bonds. The number of aliphatic hydroxyl groups excluding tert-OH is 2. The van der Waals surface area contributed by atoms with E-state index in [0.29, 0.717) is 48.6 Å².